The van der Waals surface area contributed by atoms with E-state index >= 15 is 0 Å². The number of likely N-dealkylation sites (N-methyl/N-ethyl adjacent to an activating group) is 1. The van der Waals surface area contributed by atoms with E-state index in [-0.39, 0.29) is 22.0 Å². The third kappa shape index (κ3) is 7.00. The molecule has 0 bridgehead atoms. The number of carbonyl (C=O) groups is 1. The quantitative estimate of drug-likeness (QED) is 0.525. The third-order valence-corrected chi connectivity index (χ3v) is 9.00. The first kappa shape index (κ1) is 27.8. The smallest absolute Gasteiger partial charge is 0.321 e. The summed E-state index contributed by atoms with van der Waals surface area (Å²) in [6.07, 6.45) is 2.91. The standard InChI is InChI=1S/C26H35ClFN5O3S/c1-29-37(35,36)23-8-5-19-4-7-22(16-20(19)17-23)33(11-3-10-32-14-12-31(2)13-15-32)26(34)30-21-6-9-25(28)24(27)18-21/h5-6,8-9,17-18,22,29H,3-4,7,10-16H2,1-2H3,(H,30,34). The molecule has 1 aliphatic heterocycles. The van der Waals surface area contributed by atoms with Crippen molar-refractivity contribution < 1.29 is 17.6 Å². The number of amides is 2. The zero-order valence-corrected chi connectivity index (χ0v) is 22.9. The number of fused-ring (bicyclic) bond motifs is 1. The minimum Gasteiger partial charge on any atom is -0.321 e. The number of urea groups is 1. The van der Waals surface area contributed by atoms with Gasteiger partial charge in [-0.05, 0) is 87.8 Å². The molecule has 37 heavy (non-hydrogen) atoms. The van der Waals surface area contributed by atoms with Crippen LogP contribution in [0.25, 0.3) is 0 Å². The Labute approximate surface area is 223 Å². The van der Waals surface area contributed by atoms with Crippen LogP contribution < -0.4 is 10.0 Å². The molecular weight excluding hydrogens is 517 g/mol. The number of piperazine rings is 1. The first-order valence-electron chi connectivity index (χ1n) is 12.6. The fourth-order valence-electron chi connectivity index (χ4n) is 5.02. The maximum atomic E-state index is 13.6. The van der Waals surface area contributed by atoms with Crippen molar-refractivity contribution >= 4 is 33.3 Å². The average molecular weight is 552 g/mol. The molecule has 0 aromatic heterocycles. The highest BCUT2D eigenvalue weighted by atomic mass is 35.5. The number of aryl methyl sites for hydroxylation is 1. The van der Waals surface area contributed by atoms with Crippen LogP contribution in [0.15, 0.2) is 41.3 Å². The van der Waals surface area contributed by atoms with Crippen molar-refractivity contribution in [2.24, 2.45) is 0 Å². The van der Waals surface area contributed by atoms with Gasteiger partial charge in [-0.15, -0.1) is 0 Å². The first-order valence-corrected chi connectivity index (χ1v) is 14.5. The van der Waals surface area contributed by atoms with Crippen LogP contribution >= 0.6 is 11.6 Å². The second-order valence-electron chi connectivity index (χ2n) is 9.79. The van der Waals surface area contributed by atoms with E-state index in [1.54, 1.807) is 12.1 Å². The van der Waals surface area contributed by atoms with Crippen molar-refractivity contribution in [3.63, 3.8) is 0 Å². The zero-order valence-electron chi connectivity index (χ0n) is 21.3. The van der Waals surface area contributed by atoms with Crippen LogP contribution in [0.4, 0.5) is 14.9 Å². The van der Waals surface area contributed by atoms with Gasteiger partial charge in [0.15, 0.2) is 0 Å². The van der Waals surface area contributed by atoms with Crippen LogP contribution in [0.5, 0.6) is 0 Å². The van der Waals surface area contributed by atoms with Crippen LogP contribution in [-0.4, -0.2) is 88.6 Å². The lowest BCUT2D eigenvalue weighted by Gasteiger charge is -2.37. The Bertz CT molecular complexity index is 1220. The molecule has 0 spiro atoms. The number of benzene rings is 2. The molecule has 0 radical (unpaired) electrons. The summed E-state index contributed by atoms with van der Waals surface area (Å²) in [4.78, 5) is 20.3. The Hall–Kier alpha value is -2.24. The number of rotatable bonds is 8. The van der Waals surface area contributed by atoms with Gasteiger partial charge in [0, 0.05) is 44.5 Å². The molecule has 1 fully saturated rings. The molecule has 2 N–H and O–H groups in total. The SMILES string of the molecule is CNS(=O)(=O)c1ccc2c(c1)CC(N(CCCN1CCN(C)CC1)C(=O)Nc1ccc(F)c(Cl)c1)CC2. The largest absolute Gasteiger partial charge is 0.322 e. The molecule has 1 heterocycles. The fourth-order valence-corrected chi connectivity index (χ4v) is 5.98. The van der Waals surface area contributed by atoms with Gasteiger partial charge in [-0.2, -0.15) is 0 Å². The molecule has 11 heteroatoms. The minimum atomic E-state index is -3.56. The van der Waals surface area contributed by atoms with Crippen molar-refractivity contribution in [1.29, 1.82) is 0 Å². The number of hydrogen-bond acceptors (Lipinski definition) is 5. The zero-order chi connectivity index (χ0) is 26.6. The summed E-state index contributed by atoms with van der Waals surface area (Å²) in [5.74, 6) is -0.542. The predicted octanol–water partition coefficient (Wildman–Crippen LogP) is 3.42. The number of anilines is 1. The summed E-state index contributed by atoms with van der Waals surface area (Å²) in [7, 11) is -0.0407. The van der Waals surface area contributed by atoms with Crippen LogP contribution in [-0.2, 0) is 22.9 Å². The molecule has 202 valence electrons. The maximum Gasteiger partial charge on any atom is 0.322 e. The van der Waals surface area contributed by atoms with Gasteiger partial charge >= 0.3 is 6.03 Å². The summed E-state index contributed by atoms with van der Waals surface area (Å²) in [5.41, 5.74) is 2.47. The fraction of sp³-hybridized carbons (Fsp3) is 0.500. The van der Waals surface area contributed by atoms with E-state index < -0.39 is 15.8 Å². The number of nitrogens with zero attached hydrogens (tertiary/aromatic N) is 3. The van der Waals surface area contributed by atoms with Crippen LogP contribution in [0.3, 0.4) is 0 Å². The number of sulfonamides is 1. The average Bonchev–Trinajstić information content (AvgIpc) is 2.89. The second kappa shape index (κ2) is 12.1. The van der Waals surface area contributed by atoms with Gasteiger partial charge in [-0.3, -0.25) is 0 Å². The van der Waals surface area contributed by atoms with Gasteiger partial charge in [0.25, 0.3) is 0 Å². The molecule has 2 aromatic carbocycles. The molecule has 1 unspecified atom stereocenters. The molecular formula is C26H35ClFN5O3S. The lowest BCUT2D eigenvalue weighted by Crippen LogP contribution is -2.48. The monoisotopic (exact) mass is 551 g/mol. The molecule has 2 aromatic rings. The number of nitrogens with one attached hydrogen (secondary N) is 2. The predicted molar refractivity (Wildman–Crippen MR) is 144 cm³/mol. The normalized spacial score (nSPS) is 18.9. The van der Waals surface area contributed by atoms with Gasteiger partial charge in [0.05, 0.1) is 9.92 Å². The summed E-state index contributed by atoms with van der Waals surface area (Å²) in [5, 5.41) is 2.83. The minimum absolute atomic E-state index is 0.0516. The Morgan fingerprint density at radius 2 is 1.89 bits per heavy atom. The molecule has 8 nitrogen and oxygen atoms in total. The van der Waals surface area contributed by atoms with E-state index in [2.05, 4.69) is 26.9 Å². The summed E-state index contributed by atoms with van der Waals surface area (Å²) in [6, 6.07) is 8.98. The summed E-state index contributed by atoms with van der Waals surface area (Å²) >= 11 is 5.92. The van der Waals surface area contributed by atoms with Gasteiger partial charge < -0.3 is 20.0 Å². The lowest BCUT2D eigenvalue weighted by atomic mass is 9.87. The highest BCUT2D eigenvalue weighted by Gasteiger charge is 2.29. The van der Waals surface area contributed by atoms with E-state index in [9.17, 15) is 17.6 Å². The highest BCUT2D eigenvalue weighted by molar-refractivity contribution is 7.89. The van der Waals surface area contributed by atoms with Crippen LogP contribution in [0.1, 0.15) is 24.0 Å². The van der Waals surface area contributed by atoms with E-state index in [1.807, 2.05) is 11.0 Å². The van der Waals surface area contributed by atoms with Crippen molar-refractivity contribution in [2.75, 3.05) is 58.7 Å². The Kier molecular flexibility index (Phi) is 9.07. The Balaban J connectivity index is 1.50. The Morgan fingerprint density at radius 3 is 2.59 bits per heavy atom. The Morgan fingerprint density at radius 1 is 1.14 bits per heavy atom. The van der Waals surface area contributed by atoms with Crippen molar-refractivity contribution in [3.8, 4) is 0 Å². The van der Waals surface area contributed by atoms with Gasteiger partial charge in [-0.25, -0.2) is 22.3 Å². The second-order valence-corrected chi connectivity index (χ2v) is 12.1. The maximum absolute atomic E-state index is 13.6. The van der Waals surface area contributed by atoms with Crippen molar-refractivity contribution in [1.82, 2.24) is 19.4 Å². The highest BCUT2D eigenvalue weighted by Crippen LogP contribution is 2.28. The van der Waals surface area contributed by atoms with E-state index in [1.165, 1.54) is 25.2 Å². The van der Waals surface area contributed by atoms with E-state index in [0.717, 1.165) is 63.1 Å². The molecule has 4 rings (SSSR count). The number of carbonyl (C=O) groups excluding carboxylic acids is 1. The number of halogens is 2. The van der Waals surface area contributed by atoms with Gasteiger partial charge in [0.1, 0.15) is 5.82 Å². The van der Waals surface area contributed by atoms with Gasteiger partial charge in [-0.1, -0.05) is 17.7 Å². The molecule has 0 saturated carbocycles. The first-order chi connectivity index (χ1) is 17.7. The van der Waals surface area contributed by atoms with Crippen LogP contribution in [0.2, 0.25) is 5.02 Å². The molecule has 2 aliphatic rings. The van der Waals surface area contributed by atoms with Crippen molar-refractivity contribution in [3.05, 3.63) is 58.4 Å². The summed E-state index contributed by atoms with van der Waals surface area (Å²) < 4.78 is 40.7. The number of hydrogen-bond donors (Lipinski definition) is 2. The summed E-state index contributed by atoms with van der Waals surface area (Å²) in [6.45, 7) is 5.54. The lowest BCUT2D eigenvalue weighted by molar-refractivity contribution is 0.140. The molecule has 1 saturated heterocycles. The molecule has 1 aliphatic carbocycles. The topological polar surface area (TPSA) is 85.0 Å². The molecule has 1 atom stereocenters. The van der Waals surface area contributed by atoms with Gasteiger partial charge in [0.2, 0.25) is 10.0 Å². The van der Waals surface area contributed by atoms with E-state index in [0.29, 0.717) is 18.7 Å². The molecule has 2 amide bonds. The third-order valence-electron chi connectivity index (χ3n) is 7.30. The van der Waals surface area contributed by atoms with Crippen LogP contribution in [0, 0.1) is 5.82 Å². The van der Waals surface area contributed by atoms with Crippen molar-refractivity contribution in [2.45, 2.75) is 36.6 Å². The van der Waals surface area contributed by atoms with E-state index in [4.69, 9.17) is 11.6 Å².